The molecule has 5 nitrogen and oxygen atoms in total. The van der Waals surface area contributed by atoms with Crippen molar-refractivity contribution in [2.24, 2.45) is 5.73 Å². The van der Waals surface area contributed by atoms with E-state index in [1.165, 1.54) is 0 Å². The summed E-state index contributed by atoms with van der Waals surface area (Å²) in [5.74, 6) is 0.00824. The predicted molar refractivity (Wildman–Crippen MR) is 77.0 cm³/mol. The molecule has 0 spiro atoms. The Kier molecular flexibility index (Phi) is 4.59. The highest BCUT2D eigenvalue weighted by Crippen LogP contribution is 2.24. The van der Waals surface area contributed by atoms with E-state index in [4.69, 9.17) is 5.73 Å². The standard InChI is InChI=1S/C13H16N4OS/c1-2-11(18)15-10-5-3-9(4-6-10)13-17-16-12(19-13)7-8-14/h3-6H,2,7-8,14H2,1H3,(H,15,18). The van der Waals surface area contributed by atoms with E-state index in [-0.39, 0.29) is 5.91 Å². The first-order valence-corrected chi connectivity index (χ1v) is 6.97. The SMILES string of the molecule is CCC(=O)Nc1ccc(-c2nnc(CCN)s2)cc1. The molecule has 6 heteroatoms. The van der Waals surface area contributed by atoms with Crippen LogP contribution in [0, 0.1) is 0 Å². The van der Waals surface area contributed by atoms with Gasteiger partial charge in [-0.05, 0) is 30.8 Å². The summed E-state index contributed by atoms with van der Waals surface area (Å²) in [5, 5.41) is 12.8. The van der Waals surface area contributed by atoms with Crippen LogP contribution in [-0.2, 0) is 11.2 Å². The highest BCUT2D eigenvalue weighted by atomic mass is 32.1. The maximum Gasteiger partial charge on any atom is 0.224 e. The lowest BCUT2D eigenvalue weighted by atomic mass is 10.2. The van der Waals surface area contributed by atoms with E-state index in [2.05, 4.69) is 15.5 Å². The first-order chi connectivity index (χ1) is 9.22. The Labute approximate surface area is 115 Å². The fraction of sp³-hybridized carbons (Fsp3) is 0.308. The number of rotatable bonds is 5. The van der Waals surface area contributed by atoms with Crippen molar-refractivity contribution in [2.45, 2.75) is 19.8 Å². The van der Waals surface area contributed by atoms with Gasteiger partial charge < -0.3 is 11.1 Å². The molecule has 0 atom stereocenters. The number of nitrogens with two attached hydrogens (primary N) is 1. The number of hydrogen-bond donors (Lipinski definition) is 2. The van der Waals surface area contributed by atoms with Crippen LogP contribution in [0.1, 0.15) is 18.4 Å². The van der Waals surface area contributed by atoms with E-state index in [0.717, 1.165) is 27.7 Å². The van der Waals surface area contributed by atoms with Crippen molar-refractivity contribution in [3.8, 4) is 10.6 Å². The first-order valence-electron chi connectivity index (χ1n) is 6.15. The molecule has 2 rings (SSSR count). The van der Waals surface area contributed by atoms with Gasteiger partial charge in [0.1, 0.15) is 10.0 Å². The van der Waals surface area contributed by atoms with E-state index in [0.29, 0.717) is 13.0 Å². The summed E-state index contributed by atoms with van der Waals surface area (Å²) in [7, 11) is 0. The van der Waals surface area contributed by atoms with Gasteiger partial charge in [-0.2, -0.15) is 0 Å². The van der Waals surface area contributed by atoms with E-state index < -0.39 is 0 Å². The second-order valence-electron chi connectivity index (χ2n) is 4.02. The number of benzene rings is 1. The number of aromatic nitrogens is 2. The smallest absolute Gasteiger partial charge is 0.224 e. The summed E-state index contributed by atoms with van der Waals surface area (Å²) in [6.07, 6.45) is 1.23. The van der Waals surface area contributed by atoms with Gasteiger partial charge in [-0.25, -0.2) is 0 Å². The van der Waals surface area contributed by atoms with Crippen LogP contribution in [0.3, 0.4) is 0 Å². The minimum Gasteiger partial charge on any atom is -0.330 e. The number of amides is 1. The van der Waals surface area contributed by atoms with Gasteiger partial charge in [0.15, 0.2) is 0 Å². The Morgan fingerprint density at radius 2 is 2.05 bits per heavy atom. The second-order valence-corrected chi connectivity index (χ2v) is 5.08. The molecule has 1 aromatic carbocycles. The van der Waals surface area contributed by atoms with Crippen LogP contribution in [0.5, 0.6) is 0 Å². The summed E-state index contributed by atoms with van der Waals surface area (Å²) < 4.78 is 0. The Bertz CT molecular complexity index is 550. The summed E-state index contributed by atoms with van der Waals surface area (Å²) in [6.45, 7) is 2.40. The van der Waals surface area contributed by atoms with Gasteiger partial charge in [0.25, 0.3) is 0 Å². The molecule has 0 radical (unpaired) electrons. The van der Waals surface area contributed by atoms with Gasteiger partial charge in [-0.15, -0.1) is 10.2 Å². The van der Waals surface area contributed by atoms with E-state index in [1.807, 2.05) is 31.2 Å². The molecule has 1 heterocycles. The monoisotopic (exact) mass is 276 g/mol. The Morgan fingerprint density at radius 3 is 2.68 bits per heavy atom. The van der Waals surface area contributed by atoms with Crippen LogP contribution >= 0.6 is 11.3 Å². The van der Waals surface area contributed by atoms with Gasteiger partial charge in [-0.3, -0.25) is 4.79 Å². The van der Waals surface area contributed by atoms with Crippen LogP contribution in [-0.4, -0.2) is 22.6 Å². The number of carbonyl (C=O) groups is 1. The molecule has 0 aliphatic carbocycles. The molecular weight excluding hydrogens is 260 g/mol. The minimum absolute atomic E-state index is 0.00824. The molecule has 0 saturated carbocycles. The topological polar surface area (TPSA) is 80.9 Å². The van der Waals surface area contributed by atoms with Gasteiger partial charge >= 0.3 is 0 Å². The molecular formula is C13H16N4OS. The maximum atomic E-state index is 11.3. The molecule has 0 unspecified atom stereocenters. The Balaban J connectivity index is 2.10. The maximum absolute atomic E-state index is 11.3. The third-order valence-corrected chi connectivity index (χ3v) is 3.59. The molecule has 0 bridgehead atoms. The third kappa shape index (κ3) is 3.59. The lowest BCUT2D eigenvalue weighted by molar-refractivity contribution is -0.115. The van der Waals surface area contributed by atoms with Crippen molar-refractivity contribution >= 4 is 22.9 Å². The molecule has 0 saturated heterocycles. The van der Waals surface area contributed by atoms with Crippen molar-refractivity contribution in [3.63, 3.8) is 0 Å². The van der Waals surface area contributed by atoms with Crippen molar-refractivity contribution in [1.82, 2.24) is 10.2 Å². The quantitative estimate of drug-likeness (QED) is 0.875. The average molecular weight is 276 g/mol. The normalized spacial score (nSPS) is 10.4. The average Bonchev–Trinajstić information content (AvgIpc) is 2.88. The fourth-order valence-electron chi connectivity index (χ4n) is 1.54. The molecule has 3 N–H and O–H groups in total. The Hall–Kier alpha value is -1.79. The minimum atomic E-state index is 0.00824. The van der Waals surface area contributed by atoms with E-state index >= 15 is 0 Å². The van der Waals surface area contributed by atoms with Crippen LogP contribution < -0.4 is 11.1 Å². The molecule has 0 fully saturated rings. The zero-order valence-corrected chi connectivity index (χ0v) is 11.5. The largest absolute Gasteiger partial charge is 0.330 e. The van der Waals surface area contributed by atoms with Crippen molar-refractivity contribution in [1.29, 1.82) is 0 Å². The van der Waals surface area contributed by atoms with Gasteiger partial charge in [0.05, 0.1) is 0 Å². The zero-order chi connectivity index (χ0) is 13.7. The molecule has 0 aliphatic rings. The Morgan fingerprint density at radius 1 is 1.32 bits per heavy atom. The third-order valence-electron chi connectivity index (χ3n) is 2.56. The van der Waals surface area contributed by atoms with Gasteiger partial charge in [0, 0.05) is 24.1 Å². The van der Waals surface area contributed by atoms with Crippen molar-refractivity contribution < 1.29 is 4.79 Å². The summed E-state index contributed by atoms with van der Waals surface area (Å²) in [6, 6.07) is 7.59. The predicted octanol–water partition coefficient (Wildman–Crippen LogP) is 2.05. The second kappa shape index (κ2) is 6.40. The van der Waals surface area contributed by atoms with Crippen molar-refractivity contribution in [3.05, 3.63) is 29.3 Å². The van der Waals surface area contributed by atoms with Crippen molar-refractivity contribution in [2.75, 3.05) is 11.9 Å². The lowest BCUT2D eigenvalue weighted by Gasteiger charge is -2.03. The number of carbonyl (C=O) groups excluding carboxylic acids is 1. The summed E-state index contributed by atoms with van der Waals surface area (Å²) >= 11 is 1.55. The van der Waals surface area contributed by atoms with Crippen LogP contribution in [0.4, 0.5) is 5.69 Å². The molecule has 1 aromatic heterocycles. The number of hydrogen-bond acceptors (Lipinski definition) is 5. The van der Waals surface area contributed by atoms with Gasteiger partial charge in [-0.1, -0.05) is 18.3 Å². The highest BCUT2D eigenvalue weighted by molar-refractivity contribution is 7.14. The first kappa shape index (κ1) is 13.6. The van der Waals surface area contributed by atoms with E-state index in [9.17, 15) is 4.79 Å². The zero-order valence-electron chi connectivity index (χ0n) is 10.7. The lowest BCUT2D eigenvalue weighted by Crippen LogP contribution is -2.08. The fourth-order valence-corrected chi connectivity index (χ4v) is 2.40. The summed E-state index contributed by atoms with van der Waals surface area (Å²) in [5.41, 5.74) is 7.28. The molecule has 1 amide bonds. The number of anilines is 1. The molecule has 100 valence electrons. The number of nitrogens with one attached hydrogen (secondary N) is 1. The van der Waals surface area contributed by atoms with Gasteiger partial charge in [0.2, 0.25) is 5.91 Å². The molecule has 19 heavy (non-hydrogen) atoms. The van der Waals surface area contributed by atoms with E-state index in [1.54, 1.807) is 11.3 Å². The van der Waals surface area contributed by atoms with Crippen LogP contribution in [0.25, 0.3) is 10.6 Å². The molecule has 0 aliphatic heterocycles. The summed E-state index contributed by atoms with van der Waals surface area (Å²) in [4.78, 5) is 11.3. The molecule has 2 aromatic rings. The highest BCUT2D eigenvalue weighted by Gasteiger charge is 2.06. The van der Waals surface area contributed by atoms with Crippen LogP contribution in [0.15, 0.2) is 24.3 Å². The van der Waals surface area contributed by atoms with Crippen LogP contribution in [0.2, 0.25) is 0 Å². The number of nitrogens with zero attached hydrogens (tertiary/aromatic N) is 2.